The Bertz CT molecular complexity index is 819. The molecule has 0 bridgehead atoms. The summed E-state index contributed by atoms with van der Waals surface area (Å²) in [6.45, 7) is 7.75. The summed E-state index contributed by atoms with van der Waals surface area (Å²) >= 11 is 0. The molecule has 0 unspecified atom stereocenters. The van der Waals surface area contributed by atoms with Crippen molar-refractivity contribution in [3.63, 3.8) is 0 Å². The first-order valence-electron chi connectivity index (χ1n) is 10.4. The number of amides is 2. The molecule has 0 aromatic heterocycles. The first-order valence-corrected chi connectivity index (χ1v) is 10.4. The van der Waals surface area contributed by atoms with E-state index < -0.39 is 17.0 Å². The third kappa shape index (κ3) is 6.41. The molecule has 4 N–H and O–H groups in total. The van der Waals surface area contributed by atoms with Crippen LogP contribution in [-0.2, 0) is 14.3 Å². The van der Waals surface area contributed by atoms with Crippen LogP contribution >= 0.6 is 0 Å². The van der Waals surface area contributed by atoms with Gasteiger partial charge in [0.1, 0.15) is 11.3 Å². The number of methoxy groups -OCH3 is 1. The second-order valence-corrected chi connectivity index (χ2v) is 9.23. The number of hydrogen-bond donors (Lipinski definition) is 4. The molecule has 1 heterocycles. The Hall–Kier alpha value is -2.65. The number of rotatable bonds is 7. The van der Waals surface area contributed by atoms with Crippen molar-refractivity contribution in [1.82, 2.24) is 10.4 Å². The van der Waals surface area contributed by atoms with Gasteiger partial charge in [-0.3, -0.25) is 9.59 Å². The van der Waals surface area contributed by atoms with Gasteiger partial charge in [-0.25, -0.2) is 4.79 Å². The highest BCUT2D eigenvalue weighted by Gasteiger charge is 2.45. The highest BCUT2D eigenvalue weighted by Crippen LogP contribution is 2.36. The molecule has 9 heteroatoms. The Kier molecular flexibility index (Phi) is 7.67. The fraction of sp³-hybridized carbons (Fsp3) is 0.591. The van der Waals surface area contributed by atoms with Crippen molar-refractivity contribution < 1.29 is 29.4 Å². The minimum atomic E-state index is -0.705. The van der Waals surface area contributed by atoms with Crippen LogP contribution in [0.15, 0.2) is 18.2 Å². The van der Waals surface area contributed by atoms with Crippen molar-refractivity contribution in [3.05, 3.63) is 23.8 Å². The maximum absolute atomic E-state index is 12.3. The molecule has 31 heavy (non-hydrogen) atoms. The van der Waals surface area contributed by atoms with E-state index in [1.54, 1.807) is 0 Å². The third-order valence-electron chi connectivity index (χ3n) is 5.50. The minimum Gasteiger partial charge on any atom is -0.507 e. The zero-order valence-corrected chi connectivity index (χ0v) is 18.8. The number of nitrogens with zero attached hydrogens (tertiary/aromatic N) is 1. The summed E-state index contributed by atoms with van der Waals surface area (Å²) in [4.78, 5) is 36.1. The zero-order chi connectivity index (χ0) is 23.4. The number of aromatic hydroxyl groups is 1. The number of esters is 1. The van der Waals surface area contributed by atoms with Gasteiger partial charge in [-0.2, -0.15) is 5.06 Å². The SMILES string of the molecule is COC(=O)c1cc(NC(=O)CCCC(=O)NC2CC(C)(C)N(O)C(C)(C)C2)ccc1O. The van der Waals surface area contributed by atoms with Crippen LogP contribution in [0.4, 0.5) is 5.69 Å². The molecule has 2 amide bonds. The number of hydroxylamine groups is 2. The minimum absolute atomic E-state index is 0.0422. The van der Waals surface area contributed by atoms with Crippen molar-refractivity contribution in [1.29, 1.82) is 0 Å². The second-order valence-electron chi connectivity index (χ2n) is 9.23. The van der Waals surface area contributed by atoms with E-state index in [4.69, 9.17) is 0 Å². The molecule has 9 nitrogen and oxygen atoms in total. The average Bonchev–Trinajstić information content (AvgIpc) is 2.66. The van der Waals surface area contributed by atoms with E-state index in [1.807, 2.05) is 27.7 Å². The lowest BCUT2D eigenvalue weighted by atomic mass is 9.79. The lowest BCUT2D eigenvalue weighted by Gasteiger charge is -2.51. The molecule has 1 aliphatic rings. The molecule has 172 valence electrons. The number of anilines is 1. The largest absolute Gasteiger partial charge is 0.507 e. The third-order valence-corrected chi connectivity index (χ3v) is 5.50. The maximum atomic E-state index is 12.3. The quantitative estimate of drug-likeness (QED) is 0.383. The van der Waals surface area contributed by atoms with Crippen molar-refractivity contribution in [2.24, 2.45) is 0 Å². The van der Waals surface area contributed by atoms with Gasteiger partial charge in [0, 0.05) is 35.6 Å². The number of ether oxygens (including phenoxy) is 1. The number of carbonyl (C=O) groups excluding carboxylic acids is 3. The number of benzene rings is 1. The molecule has 0 saturated carbocycles. The van der Waals surface area contributed by atoms with Gasteiger partial charge in [-0.05, 0) is 65.2 Å². The monoisotopic (exact) mass is 435 g/mol. The number of phenols is 1. The summed E-state index contributed by atoms with van der Waals surface area (Å²) in [6.07, 6.45) is 1.96. The van der Waals surface area contributed by atoms with Crippen LogP contribution < -0.4 is 10.6 Å². The van der Waals surface area contributed by atoms with Crippen molar-refractivity contribution in [3.8, 4) is 5.75 Å². The van der Waals surface area contributed by atoms with E-state index in [2.05, 4.69) is 15.4 Å². The fourth-order valence-electron chi connectivity index (χ4n) is 4.19. The Morgan fingerprint density at radius 2 is 1.68 bits per heavy atom. The molecular formula is C22H33N3O6. The molecule has 0 atom stereocenters. The molecule has 1 saturated heterocycles. The lowest BCUT2D eigenvalue weighted by Crippen LogP contribution is -2.62. The van der Waals surface area contributed by atoms with Crippen LogP contribution in [0.25, 0.3) is 0 Å². The van der Waals surface area contributed by atoms with Gasteiger partial charge in [0.15, 0.2) is 0 Å². The lowest BCUT2D eigenvalue weighted by molar-refractivity contribution is -0.246. The highest BCUT2D eigenvalue weighted by molar-refractivity contribution is 5.96. The molecule has 0 spiro atoms. The maximum Gasteiger partial charge on any atom is 0.341 e. The first-order chi connectivity index (χ1) is 14.4. The Balaban J connectivity index is 1.81. The van der Waals surface area contributed by atoms with Crippen LogP contribution in [0, 0.1) is 0 Å². The van der Waals surface area contributed by atoms with E-state index in [0.29, 0.717) is 24.9 Å². The number of nitrogens with one attached hydrogen (secondary N) is 2. The summed E-state index contributed by atoms with van der Waals surface area (Å²) in [5, 5.41) is 27.1. The van der Waals surface area contributed by atoms with Crippen molar-refractivity contribution in [2.45, 2.75) is 76.9 Å². The molecular weight excluding hydrogens is 402 g/mol. The van der Waals surface area contributed by atoms with Crippen LogP contribution in [0.2, 0.25) is 0 Å². The van der Waals surface area contributed by atoms with E-state index in [-0.39, 0.29) is 42.0 Å². The van der Waals surface area contributed by atoms with Crippen LogP contribution in [0.1, 0.15) is 70.2 Å². The van der Waals surface area contributed by atoms with Gasteiger partial charge < -0.3 is 25.7 Å². The standard InChI is InChI=1S/C22H33N3O6/c1-21(2)12-15(13-22(3,4)25(21)30)24-19(28)8-6-7-18(27)23-14-9-10-17(26)16(11-14)20(29)31-5/h9-11,15,26,30H,6-8,12-13H2,1-5H3,(H,23,27)(H,24,28). The first kappa shape index (κ1) is 24.6. The number of hydrogen-bond acceptors (Lipinski definition) is 7. The van der Waals surface area contributed by atoms with E-state index in [0.717, 1.165) is 0 Å². The molecule has 0 aliphatic carbocycles. The fourth-order valence-corrected chi connectivity index (χ4v) is 4.19. The molecule has 1 fully saturated rings. The van der Waals surface area contributed by atoms with E-state index in [9.17, 15) is 24.7 Å². The number of phenolic OH excluding ortho intramolecular Hbond substituents is 1. The smallest absolute Gasteiger partial charge is 0.341 e. The summed E-state index contributed by atoms with van der Waals surface area (Å²) in [5.41, 5.74) is -0.591. The van der Waals surface area contributed by atoms with Gasteiger partial charge in [-0.15, -0.1) is 0 Å². The zero-order valence-electron chi connectivity index (χ0n) is 18.8. The van der Waals surface area contributed by atoms with Gasteiger partial charge in [-0.1, -0.05) is 0 Å². The Morgan fingerprint density at radius 3 is 2.26 bits per heavy atom. The van der Waals surface area contributed by atoms with Gasteiger partial charge in [0.25, 0.3) is 0 Å². The molecule has 2 rings (SSSR count). The molecule has 1 aromatic rings. The predicted octanol–water partition coefficient (Wildman–Crippen LogP) is 2.81. The normalized spacial score (nSPS) is 18.3. The van der Waals surface area contributed by atoms with Crippen LogP contribution in [0.3, 0.4) is 0 Å². The molecule has 1 aliphatic heterocycles. The summed E-state index contributed by atoms with van der Waals surface area (Å²) in [7, 11) is 1.20. The van der Waals surface area contributed by atoms with Crippen molar-refractivity contribution >= 4 is 23.5 Å². The summed E-state index contributed by atoms with van der Waals surface area (Å²) in [5.74, 6) is -1.37. The van der Waals surface area contributed by atoms with Gasteiger partial charge in [0.05, 0.1) is 7.11 Å². The van der Waals surface area contributed by atoms with Gasteiger partial charge >= 0.3 is 5.97 Å². The topological polar surface area (TPSA) is 128 Å². The predicted molar refractivity (Wildman–Crippen MR) is 115 cm³/mol. The van der Waals surface area contributed by atoms with Crippen LogP contribution in [-0.4, -0.2) is 57.4 Å². The van der Waals surface area contributed by atoms with Crippen molar-refractivity contribution in [2.75, 3.05) is 12.4 Å². The highest BCUT2D eigenvalue weighted by atomic mass is 16.5. The van der Waals surface area contributed by atoms with Crippen LogP contribution in [0.5, 0.6) is 5.75 Å². The average molecular weight is 436 g/mol. The van der Waals surface area contributed by atoms with Gasteiger partial charge in [0.2, 0.25) is 11.8 Å². The molecule has 1 aromatic carbocycles. The number of carbonyl (C=O) groups is 3. The summed E-state index contributed by atoms with van der Waals surface area (Å²) < 4.78 is 4.59. The molecule has 0 radical (unpaired) electrons. The second kappa shape index (κ2) is 9.65. The van der Waals surface area contributed by atoms with E-state index in [1.165, 1.54) is 30.4 Å². The number of piperidine rings is 1. The van der Waals surface area contributed by atoms with E-state index >= 15 is 0 Å². The summed E-state index contributed by atoms with van der Waals surface area (Å²) in [6, 6.07) is 4.06. The Labute approximate surface area is 182 Å². The Morgan fingerprint density at radius 1 is 1.10 bits per heavy atom.